The van der Waals surface area contributed by atoms with Gasteiger partial charge in [-0.1, -0.05) is 105 Å². The maximum absolute atomic E-state index is 12.8. The highest BCUT2D eigenvalue weighted by molar-refractivity contribution is 5.74. The second-order valence-electron chi connectivity index (χ2n) is 12.1. The summed E-state index contributed by atoms with van der Waals surface area (Å²) in [6.45, 7) is 9.18. The molecule has 1 aliphatic rings. The van der Waals surface area contributed by atoms with E-state index in [1.165, 1.54) is 77.0 Å². The first-order valence-electron chi connectivity index (χ1n) is 15.2. The predicted molar refractivity (Wildman–Crippen MR) is 147 cm³/mol. The minimum absolute atomic E-state index is 0.0424. The second-order valence-corrected chi connectivity index (χ2v) is 12.1. The minimum Gasteiger partial charge on any atom is -0.481 e. The van der Waals surface area contributed by atoms with E-state index >= 15 is 0 Å². The van der Waals surface area contributed by atoms with E-state index < -0.39 is 5.97 Å². The molecule has 1 atom stereocenters. The van der Waals surface area contributed by atoms with Crippen molar-refractivity contribution in [2.24, 2.45) is 23.7 Å². The molecule has 0 bridgehead atoms. The summed E-state index contributed by atoms with van der Waals surface area (Å²) in [5, 5.41) is 9.21. The fourth-order valence-corrected chi connectivity index (χ4v) is 5.36. The Morgan fingerprint density at radius 2 is 0.943 bits per heavy atom. The van der Waals surface area contributed by atoms with E-state index in [4.69, 9.17) is 4.74 Å². The number of carboxylic acids is 1. The van der Waals surface area contributed by atoms with Crippen LogP contribution in [0.1, 0.15) is 156 Å². The van der Waals surface area contributed by atoms with Gasteiger partial charge in [-0.15, -0.1) is 0 Å². The number of ether oxygens (including phenoxy) is 1. The number of carbonyl (C=O) groups is 2. The third kappa shape index (κ3) is 17.1. The van der Waals surface area contributed by atoms with Crippen molar-refractivity contribution in [2.75, 3.05) is 0 Å². The minimum atomic E-state index is -0.720. The fourth-order valence-electron chi connectivity index (χ4n) is 5.36. The average Bonchev–Trinajstić information content (AvgIpc) is 2.81. The fraction of sp³-hybridized carbons (Fsp3) is 0.935. The topological polar surface area (TPSA) is 63.6 Å². The van der Waals surface area contributed by atoms with Crippen molar-refractivity contribution in [3.8, 4) is 0 Å². The zero-order valence-corrected chi connectivity index (χ0v) is 23.7. The van der Waals surface area contributed by atoms with Crippen LogP contribution in [0.4, 0.5) is 0 Å². The van der Waals surface area contributed by atoms with Gasteiger partial charge < -0.3 is 9.84 Å². The Labute approximate surface area is 217 Å². The smallest absolute Gasteiger partial charge is 0.309 e. The molecule has 0 aromatic carbocycles. The summed E-state index contributed by atoms with van der Waals surface area (Å²) in [6, 6.07) is 0. The molecule has 1 N–H and O–H groups in total. The second kappa shape index (κ2) is 20.0. The van der Waals surface area contributed by atoms with E-state index in [2.05, 4.69) is 27.7 Å². The van der Waals surface area contributed by atoms with E-state index in [1.54, 1.807) is 0 Å². The Balaban J connectivity index is 2.29. The molecule has 0 aliphatic heterocycles. The summed E-state index contributed by atoms with van der Waals surface area (Å²) < 4.78 is 6.04. The summed E-state index contributed by atoms with van der Waals surface area (Å²) in [6.07, 6.45) is 22.6. The number of carboxylic acid groups (broad SMARTS) is 1. The summed E-state index contributed by atoms with van der Waals surface area (Å²) >= 11 is 0. The summed E-state index contributed by atoms with van der Waals surface area (Å²) in [4.78, 5) is 24.0. The molecule has 1 fully saturated rings. The van der Waals surface area contributed by atoms with Gasteiger partial charge in [0.15, 0.2) is 0 Å². The molecule has 0 radical (unpaired) electrons. The molecule has 1 rings (SSSR count). The van der Waals surface area contributed by atoms with E-state index in [9.17, 15) is 14.7 Å². The zero-order chi connectivity index (χ0) is 25.9. The molecule has 0 aromatic heterocycles. The third-order valence-corrected chi connectivity index (χ3v) is 7.81. The molecule has 35 heavy (non-hydrogen) atoms. The summed E-state index contributed by atoms with van der Waals surface area (Å²) in [7, 11) is 0. The monoisotopic (exact) mass is 494 g/mol. The lowest BCUT2D eigenvalue weighted by atomic mass is 9.82. The molecule has 206 valence electrons. The zero-order valence-electron chi connectivity index (χ0n) is 23.7. The highest BCUT2D eigenvalue weighted by atomic mass is 16.5. The quantitative estimate of drug-likeness (QED) is 0.127. The molecule has 0 amide bonds. The SMILES string of the molecule is CC(C)CCCCCCCCCCC(CCCCCCC(C)C)OC(=O)C1CCC(C(=O)O)CC1. The lowest BCUT2D eigenvalue weighted by molar-refractivity contribution is -0.158. The van der Waals surface area contributed by atoms with Gasteiger partial charge in [-0.3, -0.25) is 9.59 Å². The first-order valence-corrected chi connectivity index (χ1v) is 15.2. The molecular formula is C31H58O4. The molecule has 0 aromatic rings. The van der Waals surface area contributed by atoms with E-state index in [0.29, 0.717) is 25.7 Å². The van der Waals surface area contributed by atoms with Crippen molar-refractivity contribution >= 4 is 11.9 Å². The van der Waals surface area contributed by atoms with Gasteiger partial charge in [-0.25, -0.2) is 0 Å². The van der Waals surface area contributed by atoms with Crippen molar-refractivity contribution in [1.29, 1.82) is 0 Å². The molecule has 0 saturated heterocycles. The molecule has 1 aliphatic carbocycles. The van der Waals surface area contributed by atoms with Gasteiger partial charge >= 0.3 is 11.9 Å². The van der Waals surface area contributed by atoms with Crippen LogP contribution in [0.15, 0.2) is 0 Å². The van der Waals surface area contributed by atoms with Crippen molar-refractivity contribution in [1.82, 2.24) is 0 Å². The lowest BCUT2D eigenvalue weighted by Crippen LogP contribution is -2.29. The van der Waals surface area contributed by atoms with E-state index in [1.807, 2.05) is 0 Å². The molecular weight excluding hydrogens is 436 g/mol. The Morgan fingerprint density at radius 1 is 0.600 bits per heavy atom. The van der Waals surface area contributed by atoms with Crippen LogP contribution in [0.3, 0.4) is 0 Å². The van der Waals surface area contributed by atoms with Gasteiger partial charge in [0.1, 0.15) is 6.10 Å². The van der Waals surface area contributed by atoms with Crippen molar-refractivity contribution < 1.29 is 19.4 Å². The van der Waals surface area contributed by atoms with Crippen LogP contribution in [-0.2, 0) is 14.3 Å². The average molecular weight is 495 g/mol. The predicted octanol–water partition coefficient (Wildman–Crippen LogP) is 9.34. The van der Waals surface area contributed by atoms with Gasteiger partial charge in [0.25, 0.3) is 0 Å². The number of unbranched alkanes of at least 4 members (excludes halogenated alkanes) is 10. The Morgan fingerprint density at radius 3 is 1.31 bits per heavy atom. The van der Waals surface area contributed by atoms with Gasteiger partial charge in [0.05, 0.1) is 11.8 Å². The van der Waals surface area contributed by atoms with Crippen LogP contribution < -0.4 is 0 Å². The van der Waals surface area contributed by atoms with Crippen LogP contribution in [0.5, 0.6) is 0 Å². The number of hydrogen-bond donors (Lipinski definition) is 1. The molecule has 1 unspecified atom stereocenters. The number of hydrogen-bond acceptors (Lipinski definition) is 3. The maximum atomic E-state index is 12.8. The molecule has 4 nitrogen and oxygen atoms in total. The lowest BCUT2D eigenvalue weighted by Gasteiger charge is -2.27. The van der Waals surface area contributed by atoms with Crippen LogP contribution in [0.2, 0.25) is 0 Å². The highest BCUT2D eigenvalue weighted by Crippen LogP contribution is 2.30. The first-order chi connectivity index (χ1) is 16.8. The molecule has 1 saturated carbocycles. The highest BCUT2D eigenvalue weighted by Gasteiger charge is 2.31. The normalized spacial score (nSPS) is 19.3. The Kier molecular flexibility index (Phi) is 18.3. The maximum Gasteiger partial charge on any atom is 0.309 e. The largest absolute Gasteiger partial charge is 0.481 e. The number of esters is 1. The Bertz CT molecular complexity index is 534. The van der Waals surface area contributed by atoms with Gasteiger partial charge in [0, 0.05) is 0 Å². The van der Waals surface area contributed by atoms with E-state index in [-0.39, 0.29) is 23.9 Å². The summed E-state index contributed by atoms with van der Waals surface area (Å²) in [5.74, 6) is 0.435. The first kappa shape index (κ1) is 32.0. The van der Waals surface area contributed by atoms with Crippen LogP contribution >= 0.6 is 0 Å². The van der Waals surface area contributed by atoms with Crippen LogP contribution in [-0.4, -0.2) is 23.1 Å². The van der Waals surface area contributed by atoms with Crippen LogP contribution in [0, 0.1) is 23.7 Å². The van der Waals surface area contributed by atoms with Gasteiger partial charge in [-0.05, 0) is 63.2 Å². The van der Waals surface area contributed by atoms with Crippen LogP contribution in [0.25, 0.3) is 0 Å². The Hall–Kier alpha value is -1.06. The molecule has 0 spiro atoms. The molecule has 4 heteroatoms. The molecule has 0 heterocycles. The number of aliphatic carboxylic acids is 1. The van der Waals surface area contributed by atoms with Gasteiger partial charge in [-0.2, -0.15) is 0 Å². The summed E-state index contributed by atoms with van der Waals surface area (Å²) in [5.41, 5.74) is 0. The number of carbonyl (C=O) groups excluding carboxylic acids is 1. The standard InChI is InChI=1S/C31H58O4/c1-25(2)17-13-9-7-5-6-8-10-15-19-29(20-16-12-11-14-18-26(3)4)35-31(34)28-23-21-27(22-24-28)30(32)33/h25-29H,5-24H2,1-4H3,(H,32,33). The van der Waals surface area contributed by atoms with E-state index in [0.717, 1.165) is 37.5 Å². The van der Waals surface area contributed by atoms with Crippen molar-refractivity contribution in [3.63, 3.8) is 0 Å². The third-order valence-electron chi connectivity index (χ3n) is 7.81. The number of rotatable bonds is 21. The van der Waals surface area contributed by atoms with Gasteiger partial charge in [0.2, 0.25) is 0 Å². The van der Waals surface area contributed by atoms with Crippen molar-refractivity contribution in [3.05, 3.63) is 0 Å². The van der Waals surface area contributed by atoms with Crippen molar-refractivity contribution in [2.45, 2.75) is 162 Å².